The number of nitrogens with zero attached hydrogens (tertiary/aromatic N) is 6. The molecule has 4 heterocycles. The molecule has 0 amide bonds. The summed E-state index contributed by atoms with van der Waals surface area (Å²) in [7, 11) is 5.23. The van der Waals surface area contributed by atoms with Gasteiger partial charge in [-0.25, -0.2) is 9.20 Å². The molecule has 5 rings (SSSR count). The van der Waals surface area contributed by atoms with E-state index in [1.54, 1.807) is 18.9 Å². The van der Waals surface area contributed by atoms with Gasteiger partial charge in [-0.3, -0.25) is 4.68 Å². The van der Waals surface area contributed by atoms with Crippen molar-refractivity contribution in [1.29, 1.82) is 0 Å². The third-order valence-electron chi connectivity index (χ3n) is 5.45. The van der Waals surface area contributed by atoms with Crippen molar-refractivity contribution in [3.05, 3.63) is 67.0 Å². The summed E-state index contributed by atoms with van der Waals surface area (Å²) in [6.07, 6.45) is 9.48. The van der Waals surface area contributed by atoms with Crippen LogP contribution in [0.25, 0.3) is 33.5 Å². The molecule has 0 saturated heterocycles. The molecule has 0 saturated carbocycles. The molecule has 8 heteroatoms. The molecule has 0 bridgehead atoms. The van der Waals surface area contributed by atoms with Gasteiger partial charge in [0.2, 0.25) is 0 Å². The number of para-hydroxylation sites is 2. The number of hydrogen-bond donors (Lipinski definition) is 0. The Bertz CT molecular complexity index is 1390. The molecule has 0 spiro atoms. The first-order valence-corrected chi connectivity index (χ1v) is 9.83. The molecule has 0 fully saturated rings. The number of ether oxygens (including phenoxy) is 2. The maximum absolute atomic E-state index is 5.75. The minimum absolute atomic E-state index is 0.735. The molecule has 0 aliphatic rings. The monoisotopic (exact) mass is 414 g/mol. The van der Waals surface area contributed by atoms with E-state index < -0.39 is 0 Å². The third-order valence-corrected chi connectivity index (χ3v) is 5.45. The highest BCUT2D eigenvalue weighted by Crippen LogP contribution is 2.36. The van der Waals surface area contributed by atoms with Crippen LogP contribution in [0.4, 0.5) is 0 Å². The van der Waals surface area contributed by atoms with Crippen molar-refractivity contribution in [2.45, 2.75) is 6.92 Å². The normalized spacial score (nSPS) is 11.2. The first kappa shape index (κ1) is 18.9. The second-order valence-electron chi connectivity index (χ2n) is 7.28. The minimum atomic E-state index is 0.735. The van der Waals surface area contributed by atoms with Crippen molar-refractivity contribution < 1.29 is 9.47 Å². The fraction of sp³-hybridized carbons (Fsp3) is 0.174. The van der Waals surface area contributed by atoms with Gasteiger partial charge < -0.3 is 9.47 Å². The predicted octanol–water partition coefficient (Wildman–Crippen LogP) is 3.91. The van der Waals surface area contributed by atoms with Crippen LogP contribution in [0, 0.1) is 6.92 Å². The topological polar surface area (TPSA) is 71.4 Å². The molecule has 0 aliphatic carbocycles. The molecule has 8 nitrogen and oxygen atoms in total. The van der Waals surface area contributed by atoms with Gasteiger partial charge >= 0.3 is 0 Å². The van der Waals surface area contributed by atoms with Crippen LogP contribution in [-0.2, 0) is 7.05 Å². The van der Waals surface area contributed by atoms with Gasteiger partial charge in [-0.05, 0) is 25.1 Å². The van der Waals surface area contributed by atoms with E-state index in [-0.39, 0.29) is 0 Å². The van der Waals surface area contributed by atoms with Gasteiger partial charge in [0.05, 0.1) is 32.8 Å². The Morgan fingerprint density at radius 3 is 2.32 bits per heavy atom. The summed E-state index contributed by atoms with van der Waals surface area (Å²) in [5, 5.41) is 13.5. The molecule has 0 N–H and O–H groups in total. The average molecular weight is 414 g/mol. The Morgan fingerprint density at radius 1 is 0.806 bits per heavy atom. The predicted molar refractivity (Wildman–Crippen MR) is 118 cm³/mol. The number of pyridine rings is 1. The van der Waals surface area contributed by atoms with Gasteiger partial charge in [-0.2, -0.15) is 15.3 Å². The van der Waals surface area contributed by atoms with Crippen LogP contribution < -0.4 is 9.47 Å². The highest BCUT2D eigenvalue weighted by Gasteiger charge is 2.19. The Morgan fingerprint density at radius 2 is 1.58 bits per heavy atom. The smallest absolute Gasteiger partial charge is 0.145 e. The molecular weight excluding hydrogens is 392 g/mol. The van der Waals surface area contributed by atoms with Crippen molar-refractivity contribution in [2.24, 2.45) is 7.05 Å². The zero-order chi connectivity index (χ0) is 21.5. The lowest BCUT2D eigenvalue weighted by molar-refractivity contribution is 0.411. The summed E-state index contributed by atoms with van der Waals surface area (Å²) in [6, 6.07) is 9.83. The minimum Gasteiger partial charge on any atom is -0.494 e. The van der Waals surface area contributed by atoms with Gasteiger partial charge in [-0.15, -0.1) is 0 Å². The number of benzene rings is 1. The largest absolute Gasteiger partial charge is 0.494 e. The van der Waals surface area contributed by atoms with Gasteiger partial charge in [0.1, 0.15) is 22.7 Å². The van der Waals surface area contributed by atoms with E-state index >= 15 is 0 Å². The van der Waals surface area contributed by atoms with E-state index in [1.807, 2.05) is 84.5 Å². The van der Waals surface area contributed by atoms with Crippen LogP contribution >= 0.6 is 0 Å². The van der Waals surface area contributed by atoms with E-state index in [0.29, 0.717) is 0 Å². The number of hydrogen-bond acceptors (Lipinski definition) is 5. The third kappa shape index (κ3) is 3.04. The lowest BCUT2D eigenvalue weighted by Gasteiger charge is -2.11. The van der Waals surface area contributed by atoms with Crippen molar-refractivity contribution in [2.75, 3.05) is 14.2 Å². The summed E-state index contributed by atoms with van der Waals surface area (Å²) in [5.41, 5.74) is 6.67. The highest BCUT2D eigenvalue weighted by atomic mass is 16.5. The van der Waals surface area contributed by atoms with Gasteiger partial charge in [0.25, 0.3) is 0 Å². The second-order valence-corrected chi connectivity index (χ2v) is 7.28. The van der Waals surface area contributed by atoms with E-state index in [0.717, 1.165) is 50.7 Å². The van der Waals surface area contributed by atoms with Crippen molar-refractivity contribution >= 4 is 5.52 Å². The fourth-order valence-electron chi connectivity index (χ4n) is 3.89. The number of methoxy groups -OCH3 is 2. The number of fused-ring (bicyclic) bond motifs is 1. The van der Waals surface area contributed by atoms with E-state index in [4.69, 9.17) is 9.47 Å². The lowest BCUT2D eigenvalue weighted by atomic mass is 10.1. The van der Waals surface area contributed by atoms with Crippen LogP contribution in [0.3, 0.4) is 0 Å². The number of aryl methyl sites for hydroxylation is 1. The Labute approximate surface area is 179 Å². The van der Waals surface area contributed by atoms with Gasteiger partial charge in [-0.1, -0.05) is 12.1 Å². The maximum Gasteiger partial charge on any atom is 0.145 e. The summed E-state index contributed by atoms with van der Waals surface area (Å²) in [6.45, 7) is 2.04. The van der Waals surface area contributed by atoms with Crippen LogP contribution in [0.15, 0.2) is 61.3 Å². The molecular formula is C23H22N6O2. The summed E-state index contributed by atoms with van der Waals surface area (Å²) >= 11 is 0. The first-order valence-electron chi connectivity index (χ1n) is 9.83. The molecule has 156 valence electrons. The van der Waals surface area contributed by atoms with Crippen molar-refractivity contribution in [3.63, 3.8) is 0 Å². The number of rotatable bonds is 5. The molecule has 4 aromatic heterocycles. The van der Waals surface area contributed by atoms with Crippen LogP contribution in [0.5, 0.6) is 11.5 Å². The highest BCUT2D eigenvalue weighted by molar-refractivity contribution is 5.87. The molecule has 0 atom stereocenters. The Hall–Kier alpha value is -4.07. The quantitative estimate of drug-likeness (QED) is 0.436. The summed E-state index contributed by atoms with van der Waals surface area (Å²) in [5.74, 6) is 1.50. The standard InChI is InChI=1S/C23H22N6O2/c1-15-18(11-26-29(15)20-7-5-6-8-21(20)30-3)19-12-25-28-14-16(9-22(31-4)23(19)28)17-10-24-27(2)13-17/h5-14H,1-4H3. The Kier molecular flexibility index (Phi) is 4.47. The average Bonchev–Trinajstić information content (AvgIpc) is 3.51. The van der Waals surface area contributed by atoms with Gasteiger partial charge in [0.15, 0.2) is 0 Å². The molecule has 1 aromatic carbocycles. The van der Waals surface area contributed by atoms with Crippen LogP contribution in [0.2, 0.25) is 0 Å². The first-order chi connectivity index (χ1) is 15.1. The maximum atomic E-state index is 5.75. The molecule has 5 aromatic rings. The summed E-state index contributed by atoms with van der Waals surface area (Å²) in [4.78, 5) is 0. The van der Waals surface area contributed by atoms with Crippen LogP contribution in [-0.4, -0.2) is 43.4 Å². The molecule has 0 radical (unpaired) electrons. The zero-order valence-electron chi connectivity index (χ0n) is 17.8. The number of aromatic nitrogens is 6. The SMILES string of the molecule is COc1ccccc1-n1ncc(-c2cnn3cc(-c4cnn(C)c4)cc(OC)c23)c1C. The molecule has 31 heavy (non-hydrogen) atoms. The van der Waals surface area contributed by atoms with E-state index in [1.165, 1.54) is 0 Å². The molecule has 0 aliphatic heterocycles. The lowest BCUT2D eigenvalue weighted by Crippen LogP contribution is -2.01. The Balaban J connectivity index is 1.66. The zero-order valence-corrected chi connectivity index (χ0v) is 17.8. The van der Waals surface area contributed by atoms with E-state index in [9.17, 15) is 0 Å². The molecule has 0 unspecified atom stereocenters. The van der Waals surface area contributed by atoms with Crippen LogP contribution in [0.1, 0.15) is 5.69 Å². The van der Waals surface area contributed by atoms with Crippen molar-refractivity contribution in [3.8, 4) is 39.4 Å². The van der Waals surface area contributed by atoms with E-state index in [2.05, 4.69) is 15.3 Å². The fourth-order valence-corrected chi connectivity index (χ4v) is 3.89. The van der Waals surface area contributed by atoms with Crippen molar-refractivity contribution in [1.82, 2.24) is 29.2 Å². The second kappa shape index (κ2) is 7.32. The summed E-state index contributed by atoms with van der Waals surface area (Å²) < 4.78 is 16.8. The van der Waals surface area contributed by atoms with Gasteiger partial charge in [0, 0.05) is 47.4 Å².